The smallest absolute Gasteiger partial charge is 0.0951 e. The maximum Gasteiger partial charge on any atom is 0.0951 e. The molecule has 0 radical (unpaired) electrons. The number of aromatic nitrogens is 2. The monoisotopic (exact) mass is 353 g/mol. The van der Waals surface area contributed by atoms with E-state index in [1.165, 1.54) is 16.8 Å². The molecule has 0 saturated carbocycles. The highest BCUT2D eigenvalue weighted by Crippen LogP contribution is 2.34. The van der Waals surface area contributed by atoms with Crippen molar-refractivity contribution in [1.29, 1.82) is 0 Å². The standard InChI is InChI=1S/C22H31N3O/c1-19(2)9-11-22(17-26)10-6-12-24(16-22)15-21-13-23-18-25(21)14-20-7-4-3-5-8-20/h3-5,7-9,13,18,26H,6,10-12,14-17H2,1-2H3. The summed E-state index contributed by atoms with van der Waals surface area (Å²) < 4.78 is 2.24. The number of rotatable bonds is 7. The molecule has 0 bridgehead atoms. The van der Waals surface area contributed by atoms with Crippen molar-refractivity contribution in [3.8, 4) is 0 Å². The third-order valence-electron chi connectivity index (χ3n) is 5.40. The number of hydrogen-bond acceptors (Lipinski definition) is 3. The predicted octanol–water partition coefficient (Wildman–Crippen LogP) is 3.86. The lowest BCUT2D eigenvalue weighted by molar-refractivity contribution is 0.0298. The Bertz CT molecular complexity index is 718. The fourth-order valence-electron chi connectivity index (χ4n) is 3.86. The van der Waals surface area contributed by atoms with Gasteiger partial charge in [0.15, 0.2) is 0 Å². The molecule has 1 atom stereocenters. The summed E-state index contributed by atoms with van der Waals surface area (Å²) in [5.41, 5.74) is 3.86. The molecule has 0 spiro atoms. The highest BCUT2D eigenvalue weighted by molar-refractivity contribution is 5.16. The average molecular weight is 354 g/mol. The Morgan fingerprint density at radius 1 is 1.23 bits per heavy atom. The number of piperidine rings is 1. The molecule has 26 heavy (non-hydrogen) atoms. The van der Waals surface area contributed by atoms with E-state index in [9.17, 15) is 5.11 Å². The molecule has 0 aliphatic carbocycles. The van der Waals surface area contributed by atoms with E-state index in [2.05, 4.69) is 58.6 Å². The largest absolute Gasteiger partial charge is 0.396 e. The van der Waals surface area contributed by atoms with Crippen molar-refractivity contribution < 1.29 is 5.11 Å². The summed E-state index contributed by atoms with van der Waals surface area (Å²) in [6.07, 6.45) is 9.39. The van der Waals surface area contributed by atoms with Crippen LogP contribution in [0.4, 0.5) is 0 Å². The summed E-state index contributed by atoms with van der Waals surface area (Å²) in [4.78, 5) is 6.86. The van der Waals surface area contributed by atoms with Crippen molar-refractivity contribution in [2.45, 2.75) is 46.2 Å². The van der Waals surface area contributed by atoms with E-state index >= 15 is 0 Å². The molecule has 1 N–H and O–H groups in total. The van der Waals surface area contributed by atoms with Crippen LogP contribution in [0.3, 0.4) is 0 Å². The Kier molecular flexibility index (Phi) is 6.28. The number of aliphatic hydroxyl groups is 1. The zero-order chi connectivity index (χ0) is 18.4. The molecule has 140 valence electrons. The van der Waals surface area contributed by atoms with Gasteiger partial charge in [0.05, 0.1) is 18.6 Å². The van der Waals surface area contributed by atoms with Gasteiger partial charge in [-0.05, 0) is 45.2 Å². The first-order chi connectivity index (χ1) is 12.6. The Hall–Kier alpha value is -1.91. The molecule has 4 nitrogen and oxygen atoms in total. The molecule has 1 aromatic carbocycles. The lowest BCUT2D eigenvalue weighted by Gasteiger charge is -2.41. The fourth-order valence-corrected chi connectivity index (χ4v) is 3.86. The molecule has 0 amide bonds. The molecule has 1 unspecified atom stereocenters. The van der Waals surface area contributed by atoms with E-state index in [1.54, 1.807) is 0 Å². The van der Waals surface area contributed by atoms with Gasteiger partial charge < -0.3 is 9.67 Å². The first-order valence-corrected chi connectivity index (χ1v) is 9.60. The first-order valence-electron chi connectivity index (χ1n) is 9.60. The third-order valence-corrected chi connectivity index (χ3v) is 5.40. The number of allylic oxidation sites excluding steroid dienone is 2. The minimum absolute atomic E-state index is 0.000197. The van der Waals surface area contributed by atoms with Crippen LogP contribution in [0.5, 0.6) is 0 Å². The van der Waals surface area contributed by atoms with Gasteiger partial charge in [-0.3, -0.25) is 4.90 Å². The molecule has 2 heterocycles. The normalized spacial score (nSPS) is 20.9. The van der Waals surface area contributed by atoms with Crippen molar-refractivity contribution >= 4 is 0 Å². The van der Waals surface area contributed by atoms with E-state index in [4.69, 9.17) is 0 Å². The summed E-state index contributed by atoms with van der Waals surface area (Å²) in [6, 6.07) is 10.5. The van der Waals surface area contributed by atoms with Gasteiger partial charge in [0, 0.05) is 31.2 Å². The van der Waals surface area contributed by atoms with Crippen LogP contribution in [0.2, 0.25) is 0 Å². The van der Waals surface area contributed by atoms with Crippen LogP contribution in [0, 0.1) is 5.41 Å². The number of nitrogens with zero attached hydrogens (tertiary/aromatic N) is 3. The molecule has 4 heteroatoms. The Labute approximate surface area is 157 Å². The SMILES string of the molecule is CC(C)=CCC1(CO)CCCN(Cc2cncn2Cc2ccccc2)C1. The first kappa shape index (κ1) is 18.9. The molecule has 1 fully saturated rings. The number of hydrogen-bond donors (Lipinski definition) is 1. The van der Waals surface area contributed by atoms with Crippen LogP contribution >= 0.6 is 0 Å². The van der Waals surface area contributed by atoms with Crippen molar-refractivity contribution in [3.05, 3.63) is 65.8 Å². The van der Waals surface area contributed by atoms with Gasteiger partial charge in [-0.15, -0.1) is 0 Å². The van der Waals surface area contributed by atoms with Crippen LogP contribution in [0.1, 0.15) is 44.4 Å². The second-order valence-electron chi connectivity index (χ2n) is 7.96. The van der Waals surface area contributed by atoms with Gasteiger partial charge in [0.25, 0.3) is 0 Å². The van der Waals surface area contributed by atoms with Crippen molar-refractivity contribution in [2.24, 2.45) is 5.41 Å². The number of aliphatic hydroxyl groups excluding tert-OH is 1. The van der Waals surface area contributed by atoms with Crippen LogP contribution in [0.25, 0.3) is 0 Å². The predicted molar refractivity (Wildman–Crippen MR) is 106 cm³/mol. The van der Waals surface area contributed by atoms with E-state index in [0.29, 0.717) is 0 Å². The number of likely N-dealkylation sites (tertiary alicyclic amines) is 1. The van der Waals surface area contributed by atoms with E-state index < -0.39 is 0 Å². The highest BCUT2D eigenvalue weighted by atomic mass is 16.3. The molecule has 2 aromatic rings. The summed E-state index contributed by atoms with van der Waals surface area (Å²) in [6.45, 7) is 8.31. The van der Waals surface area contributed by atoms with Crippen molar-refractivity contribution in [3.63, 3.8) is 0 Å². The zero-order valence-corrected chi connectivity index (χ0v) is 16.1. The topological polar surface area (TPSA) is 41.3 Å². The minimum Gasteiger partial charge on any atom is -0.396 e. The number of imidazole rings is 1. The average Bonchev–Trinajstić information content (AvgIpc) is 3.08. The van der Waals surface area contributed by atoms with Gasteiger partial charge in [0.1, 0.15) is 0 Å². The van der Waals surface area contributed by atoms with Gasteiger partial charge >= 0.3 is 0 Å². The molecule has 3 rings (SSSR count). The summed E-state index contributed by atoms with van der Waals surface area (Å²) in [5.74, 6) is 0. The molecular weight excluding hydrogens is 322 g/mol. The summed E-state index contributed by atoms with van der Waals surface area (Å²) in [7, 11) is 0. The molecular formula is C22H31N3O. The van der Waals surface area contributed by atoms with E-state index in [-0.39, 0.29) is 12.0 Å². The van der Waals surface area contributed by atoms with Crippen LogP contribution in [-0.2, 0) is 13.1 Å². The second kappa shape index (κ2) is 8.65. The molecule has 1 aliphatic rings. The lowest BCUT2D eigenvalue weighted by atomic mass is 9.77. The highest BCUT2D eigenvalue weighted by Gasteiger charge is 2.34. The van der Waals surface area contributed by atoms with Crippen LogP contribution < -0.4 is 0 Å². The van der Waals surface area contributed by atoms with Crippen LogP contribution in [0.15, 0.2) is 54.5 Å². The minimum atomic E-state index is -0.000197. The molecule has 1 aliphatic heterocycles. The van der Waals surface area contributed by atoms with E-state index in [0.717, 1.165) is 45.4 Å². The lowest BCUT2D eigenvalue weighted by Crippen LogP contribution is -2.45. The van der Waals surface area contributed by atoms with E-state index in [1.807, 2.05) is 18.6 Å². The summed E-state index contributed by atoms with van der Waals surface area (Å²) >= 11 is 0. The van der Waals surface area contributed by atoms with Gasteiger partial charge in [-0.25, -0.2) is 4.98 Å². The maximum absolute atomic E-state index is 10.1. The second-order valence-corrected chi connectivity index (χ2v) is 7.96. The van der Waals surface area contributed by atoms with Gasteiger partial charge in [-0.1, -0.05) is 42.0 Å². The zero-order valence-electron chi connectivity index (χ0n) is 16.1. The van der Waals surface area contributed by atoms with Gasteiger partial charge in [-0.2, -0.15) is 0 Å². The van der Waals surface area contributed by atoms with Crippen molar-refractivity contribution in [2.75, 3.05) is 19.7 Å². The van der Waals surface area contributed by atoms with Crippen LogP contribution in [-0.4, -0.2) is 39.3 Å². The quantitative estimate of drug-likeness (QED) is 0.769. The maximum atomic E-state index is 10.1. The Morgan fingerprint density at radius 2 is 2.04 bits per heavy atom. The Balaban J connectivity index is 1.67. The van der Waals surface area contributed by atoms with Gasteiger partial charge in [0.2, 0.25) is 0 Å². The number of benzene rings is 1. The third kappa shape index (κ3) is 4.83. The molecule has 1 aromatic heterocycles. The fraction of sp³-hybridized carbons (Fsp3) is 0.500. The summed E-state index contributed by atoms with van der Waals surface area (Å²) in [5, 5.41) is 10.1. The Morgan fingerprint density at radius 3 is 2.77 bits per heavy atom. The van der Waals surface area contributed by atoms with Crippen molar-refractivity contribution in [1.82, 2.24) is 14.5 Å². The molecule has 1 saturated heterocycles.